The summed E-state index contributed by atoms with van der Waals surface area (Å²) in [7, 11) is 1.96. The molecule has 40 heavy (non-hydrogen) atoms. The van der Waals surface area contributed by atoms with Gasteiger partial charge in [-0.25, -0.2) is 0 Å². The first kappa shape index (κ1) is 28.6. The first-order valence-electron chi connectivity index (χ1n) is 15.8. The monoisotopic (exact) mass is 549 g/mol. The average molecular weight is 550 g/mol. The molecule has 5 nitrogen and oxygen atoms in total. The van der Waals surface area contributed by atoms with Crippen molar-refractivity contribution in [1.29, 1.82) is 0 Å². The van der Waals surface area contributed by atoms with Crippen molar-refractivity contribution in [2.45, 2.75) is 108 Å². The highest BCUT2D eigenvalue weighted by Crippen LogP contribution is 2.68. The third-order valence-electron chi connectivity index (χ3n) is 11.7. The van der Waals surface area contributed by atoms with Crippen LogP contribution in [0.4, 0.5) is 0 Å². The molecular formula is C35H51NO4. The summed E-state index contributed by atoms with van der Waals surface area (Å²) < 4.78 is 12.8. The zero-order valence-electron chi connectivity index (χ0n) is 25.4. The first-order valence-corrected chi connectivity index (χ1v) is 15.8. The molecule has 1 saturated heterocycles. The number of nitrogens with one attached hydrogen (secondary N) is 1. The van der Waals surface area contributed by atoms with Gasteiger partial charge in [0.15, 0.2) is 5.79 Å². The highest BCUT2D eigenvalue weighted by molar-refractivity contribution is 5.52. The van der Waals surface area contributed by atoms with Crippen molar-refractivity contribution in [1.82, 2.24) is 5.32 Å². The lowest BCUT2D eigenvalue weighted by Crippen LogP contribution is -2.58. The van der Waals surface area contributed by atoms with E-state index in [0.717, 1.165) is 57.9 Å². The van der Waals surface area contributed by atoms with Gasteiger partial charge in [-0.15, -0.1) is 0 Å². The molecule has 4 aliphatic carbocycles. The number of benzene rings is 1. The number of rotatable bonds is 5. The molecular weight excluding hydrogens is 498 g/mol. The van der Waals surface area contributed by atoms with Crippen LogP contribution in [0.1, 0.15) is 103 Å². The molecule has 1 spiro atoms. The number of likely N-dealkylation sites (N-methyl/N-ethyl adjacent to an activating group) is 1. The molecule has 3 saturated carbocycles. The van der Waals surface area contributed by atoms with E-state index in [-0.39, 0.29) is 16.7 Å². The molecule has 4 fully saturated rings. The summed E-state index contributed by atoms with van der Waals surface area (Å²) in [6.45, 7) is 11.1. The van der Waals surface area contributed by atoms with E-state index in [1.165, 1.54) is 22.3 Å². The van der Waals surface area contributed by atoms with Crippen LogP contribution < -0.4 is 5.32 Å². The van der Waals surface area contributed by atoms with Crippen LogP contribution in [0.3, 0.4) is 0 Å². The molecule has 1 aromatic carbocycles. The van der Waals surface area contributed by atoms with E-state index >= 15 is 0 Å². The molecule has 5 unspecified atom stereocenters. The number of aliphatic hydroxyl groups is 2. The molecule has 1 aromatic rings. The van der Waals surface area contributed by atoms with Crippen LogP contribution in [0.2, 0.25) is 0 Å². The van der Waals surface area contributed by atoms with E-state index in [9.17, 15) is 10.2 Å². The Morgan fingerprint density at radius 2 is 1.73 bits per heavy atom. The number of ether oxygens (including phenoxy) is 2. The topological polar surface area (TPSA) is 71.0 Å². The number of allylic oxidation sites excluding steroid dienone is 1. The smallest absolute Gasteiger partial charge is 0.171 e. The Bertz CT molecular complexity index is 1160. The summed E-state index contributed by atoms with van der Waals surface area (Å²) in [5.74, 6) is 0.414. The van der Waals surface area contributed by atoms with Crippen LogP contribution in [0, 0.1) is 22.7 Å². The van der Waals surface area contributed by atoms with Crippen LogP contribution in [-0.4, -0.2) is 54.0 Å². The summed E-state index contributed by atoms with van der Waals surface area (Å²) in [6, 6.07) is 9.05. The third-order valence-corrected chi connectivity index (χ3v) is 11.7. The van der Waals surface area contributed by atoms with Gasteiger partial charge in [-0.05, 0) is 80.5 Å². The Balaban J connectivity index is 1.40. The van der Waals surface area contributed by atoms with Gasteiger partial charge in [-0.3, -0.25) is 0 Å². The summed E-state index contributed by atoms with van der Waals surface area (Å²) in [5.41, 5.74) is 3.66. The van der Waals surface area contributed by atoms with Crippen molar-refractivity contribution in [2.75, 3.05) is 26.8 Å². The first-order chi connectivity index (χ1) is 19.0. The largest absolute Gasteiger partial charge is 0.389 e. The molecule has 6 rings (SSSR count). The molecule has 0 radical (unpaired) electrons. The SMILES string of the molecule is CCC1(O)CCC2C3CCC4(O)CC5(CCC4=C3[C@@H](c3ccc(/C=C/CNC)cc3)CC21C)OCC(C)(C)CO5. The molecule has 0 amide bonds. The van der Waals surface area contributed by atoms with E-state index in [4.69, 9.17) is 9.47 Å². The highest BCUT2D eigenvalue weighted by Gasteiger charge is 2.64. The second-order valence-corrected chi connectivity index (χ2v) is 14.8. The maximum absolute atomic E-state index is 12.4. The predicted octanol–water partition coefficient (Wildman–Crippen LogP) is 6.35. The lowest BCUT2D eigenvalue weighted by Gasteiger charge is -2.58. The Morgan fingerprint density at radius 1 is 1.00 bits per heavy atom. The van der Waals surface area contributed by atoms with Gasteiger partial charge < -0.3 is 25.0 Å². The molecule has 3 N–H and O–H groups in total. The number of hydrogen-bond donors (Lipinski definition) is 3. The van der Waals surface area contributed by atoms with E-state index in [2.05, 4.69) is 69.4 Å². The molecule has 5 aliphatic rings. The second kappa shape index (κ2) is 10.1. The van der Waals surface area contributed by atoms with Crippen LogP contribution in [-0.2, 0) is 9.47 Å². The minimum atomic E-state index is -0.882. The van der Waals surface area contributed by atoms with Gasteiger partial charge in [-0.1, -0.05) is 69.7 Å². The normalized spacial score (nSPS) is 40.2. The predicted molar refractivity (Wildman–Crippen MR) is 160 cm³/mol. The highest BCUT2D eigenvalue weighted by atomic mass is 16.7. The lowest BCUT2D eigenvalue weighted by atomic mass is 9.49. The van der Waals surface area contributed by atoms with Gasteiger partial charge in [0.1, 0.15) is 0 Å². The third kappa shape index (κ3) is 4.55. The standard InChI is InChI=1S/C35H51NO4/c1-6-34(38)17-14-28-26-13-16-33(37)21-35(39-22-31(2,3)23-40-35)18-15-29(33)30(26)27(20-32(28,34)4)25-11-9-24(10-12-25)8-7-19-36-5/h7-12,26-28,36-38H,6,13-23H2,1-5H3/b8-7+/t26?,27-,28?,32?,33?,34?/m1/s1. The van der Waals surface area contributed by atoms with Gasteiger partial charge >= 0.3 is 0 Å². The van der Waals surface area contributed by atoms with E-state index < -0.39 is 17.0 Å². The van der Waals surface area contributed by atoms with Gasteiger partial charge in [0.2, 0.25) is 0 Å². The summed E-state index contributed by atoms with van der Waals surface area (Å²) in [4.78, 5) is 0. The summed E-state index contributed by atoms with van der Waals surface area (Å²) >= 11 is 0. The van der Waals surface area contributed by atoms with E-state index in [1.807, 2.05) is 7.05 Å². The quantitative estimate of drug-likeness (QED) is 0.373. The Morgan fingerprint density at radius 3 is 2.40 bits per heavy atom. The van der Waals surface area contributed by atoms with Crippen LogP contribution in [0.15, 0.2) is 41.5 Å². The van der Waals surface area contributed by atoms with Crippen LogP contribution in [0.5, 0.6) is 0 Å². The second-order valence-electron chi connectivity index (χ2n) is 14.8. The Kier molecular flexibility index (Phi) is 7.19. The van der Waals surface area contributed by atoms with Crippen LogP contribution in [0.25, 0.3) is 6.08 Å². The van der Waals surface area contributed by atoms with Gasteiger partial charge in [-0.2, -0.15) is 0 Å². The van der Waals surface area contributed by atoms with Crippen molar-refractivity contribution in [2.24, 2.45) is 22.7 Å². The van der Waals surface area contributed by atoms with Gasteiger partial charge in [0.25, 0.3) is 0 Å². The molecule has 1 aliphatic heterocycles. The zero-order chi connectivity index (χ0) is 28.4. The molecule has 6 atom stereocenters. The van der Waals surface area contributed by atoms with Gasteiger partial charge in [0, 0.05) is 36.1 Å². The van der Waals surface area contributed by atoms with Crippen molar-refractivity contribution in [3.63, 3.8) is 0 Å². The molecule has 220 valence electrons. The van der Waals surface area contributed by atoms with Crippen molar-refractivity contribution in [3.8, 4) is 0 Å². The summed E-state index contributed by atoms with van der Waals surface area (Å²) in [6.07, 6.45) is 11.9. The van der Waals surface area contributed by atoms with Crippen molar-refractivity contribution >= 4 is 6.08 Å². The average Bonchev–Trinajstić information content (AvgIpc) is 3.21. The van der Waals surface area contributed by atoms with Crippen LogP contribution >= 0.6 is 0 Å². The van der Waals surface area contributed by atoms with Crippen molar-refractivity contribution in [3.05, 3.63) is 52.6 Å². The Labute approximate surface area is 241 Å². The van der Waals surface area contributed by atoms with E-state index in [1.54, 1.807) is 0 Å². The number of hydrogen-bond acceptors (Lipinski definition) is 5. The molecule has 1 heterocycles. The minimum Gasteiger partial charge on any atom is -0.389 e. The zero-order valence-corrected chi connectivity index (χ0v) is 25.4. The maximum atomic E-state index is 12.4. The Hall–Kier alpha value is -1.50. The molecule has 0 bridgehead atoms. The number of fused-ring (bicyclic) bond motifs is 4. The molecule has 0 aromatic heterocycles. The van der Waals surface area contributed by atoms with Crippen molar-refractivity contribution < 1.29 is 19.7 Å². The van der Waals surface area contributed by atoms with E-state index in [0.29, 0.717) is 31.5 Å². The van der Waals surface area contributed by atoms with Gasteiger partial charge in [0.05, 0.1) is 24.4 Å². The maximum Gasteiger partial charge on any atom is 0.171 e. The molecule has 5 heteroatoms. The fourth-order valence-corrected chi connectivity index (χ4v) is 9.38. The summed E-state index contributed by atoms with van der Waals surface area (Å²) in [5, 5.41) is 27.5. The fourth-order valence-electron chi connectivity index (χ4n) is 9.38. The minimum absolute atomic E-state index is 0.0101. The lowest BCUT2D eigenvalue weighted by molar-refractivity contribution is -0.322. The fraction of sp³-hybridized carbons (Fsp3) is 0.714.